The molecule has 1 aromatic heterocycles. The number of aromatic nitrogens is 1. The molecule has 0 aliphatic heterocycles. The van der Waals surface area contributed by atoms with Crippen molar-refractivity contribution in [3.63, 3.8) is 0 Å². The van der Waals surface area contributed by atoms with Crippen LogP contribution in [0.15, 0.2) is 23.7 Å². The van der Waals surface area contributed by atoms with Crippen LogP contribution in [0, 0.1) is 6.92 Å². The molecule has 1 atom stereocenters. The van der Waals surface area contributed by atoms with Gasteiger partial charge in [-0.05, 0) is 31.9 Å². The summed E-state index contributed by atoms with van der Waals surface area (Å²) in [6.45, 7) is 4.65. The van der Waals surface area contributed by atoms with Crippen LogP contribution < -0.4 is 15.2 Å². The highest BCUT2D eigenvalue weighted by molar-refractivity contribution is 7.09. The molecule has 2 N–H and O–H groups in total. The minimum Gasteiger partial charge on any atom is -0.497 e. The molecule has 0 saturated carbocycles. The number of thiazole rings is 1. The lowest BCUT2D eigenvalue weighted by atomic mass is 10.1. The second-order valence-corrected chi connectivity index (χ2v) is 6.05. The van der Waals surface area contributed by atoms with Gasteiger partial charge in [0, 0.05) is 23.4 Å². The van der Waals surface area contributed by atoms with Crippen LogP contribution in [0.5, 0.6) is 11.5 Å². The van der Waals surface area contributed by atoms with Gasteiger partial charge in [-0.3, -0.25) is 0 Å². The quantitative estimate of drug-likeness (QED) is 0.854. The summed E-state index contributed by atoms with van der Waals surface area (Å²) >= 11 is 1.67. The van der Waals surface area contributed by atoms with Crippen LogP contribution in [0.1, 0.15) is 23.1 Å². The lowest BCUT2D eigenvalue weighted by Gasteiger charge is -2.14. The van der Waals surface area contributed by atoms with Gasteiger partial charge in [-0.2, -0.15) is 0 Å². The molecule has 4 nitrogen and oxygen atoms in total. The van der Waals surface area contributed by atoms with Gasteiger partial charge in [-0.1, -0.05) is 6.07 Å². The average Bonchev–Trinajstić information content (AvgIpc) is 2.85. The summed E-state index contributed by atoms with van der Waals surface area (Å²) in [4.78, 5) is 5.52. The summed E-state index contributed by atoms with van der Waals surface area (Å²) in [5, 5.41) is 0. The van der Waals surface area contributed by atoms with Gasteiger partial charge in [0.2, 0.25) is 0 Å². The number of nitrogens with zero attached hydrogens (tertiary/aromatic N) is 1. The number of hydrogen-bond donors (Lipinski definition) is 1. The van der Waals surface area contributed by atoms with Crippen molar-refractivity contribution in [2.75, 3.05) is 13.7 Å². The van der Waals surface area contributed by atoms with E-state index >= 15 is 0 Å². The Hall–Kier alpha value is -1.59. The number of benzene rings is 1. The number of nitrogens with two attached hydrogens (primary N) is 1. The highest BCUT2D eigenvalue weighted by Crippen LogP contribution is 2.26. The van der Waals surface area contributed by atoms with E-state index in [2.05, 4.69) is 4.98 Å². The highest BCUT2D eigenvalue weighted by atomic mass is 32.1. The van der Waals surface area contributed by atoms with E-state index in [0.29, 0.717) is 6.61 Å². The lowest BCUT2D eigenvalue weighted by Crippen LogP contribution is -2.18. The molecule has 0 amide bonds. The maximum absolute atomic E-state index is 5.95. The van der Waals surface area contributed by atoms with Crippen molar-refractivity contribution in [2.45, 2.75) is 32.7 Å². The van der Waals surface area contributed by atoms with E-state index in [-0.39, 0.29) is 6.04 Å². The summed E-state index contributed by atoms with van der Waals surface area (Å²) in [6.07, 6.45) is 1.66. The standard InChI is InChI=1S/C16H22N2O2S/c1-11(17)8-13-4-5-14(19-3)9-15(13)20-7-6-16-12(2)18-10-21-16/h4-5,9-11H,6-8,17H2,1-3H3. The molecule has 0 fully saturated rings. The van der Waals surface area contributed by atoms with Crippen molar-refractivity contribution in [3.05, 3.63) is 39.8 Å². The highest BCUT2D eigenvalue weighted by Gasteiger charge is 2.09. The van der Waals surface area contributed by atoms with Crippen LogP contribution in [0.3, 0.4) is 0 Å². The molecular weight excluding hydrogens is 284 g/mol. The zero-order valence-corrected chi connectivity index (χ0v) is 13.6. The Balaban J connectivity index is 2.04. The van der Waals surface area contributed by atoms with Crippen molar-refractivity contribution in [2.24, 2.45) is 5.73 Å². The predicted octanol–water partition coefficient (Wildman–Crippen LogP) is 2.97. The fourth-order valence-corrected chi connectivity index (χ4v) is 2.89. The minimum atomic E-state index is 0.101. The van der Waals surface area contributed by atoms with Crippen molar-refractivity contribution in [3.8, 4) is 11.5 Å². The number of hydrogen-bond acceptors (Lipinski definition) is 5. The van der Waals surface area contributed by atoms with Crippen molar-refractivity contribution in [1.29, 1.82) is 0 Å². The Labute approximate surface area is 129 Å². The van der Waals surface area contributed by atoms with Gasteiger partial charge < -0.3 is 15.2 Å². The molecule has 114 valence electrons. The Kier molecular flexibility index (Phi) is 5.59. The molecule has 0 spiro atoms. The molecule has 2 rings (SSSR count). The van der Waals surface area contributed by atoms with Crippen LogP contribution in [-0.4, -0.2) is 24.7 Å². The maximum atomic E-state index is 5.95. The first kappa shape index (κ1) is 15.8. The molecule has 21 heavy (non-hydrogen) atoms. The van der Waals surface area contributed by atoms with Gasteiger partial charge in [0.05, 0.1) is 24.9 Å². The van der Waals surface area contributed by atoms with Crippen LogP contribution in [0.25, 0.3) is 0 Å². The number of methoxy groups -OCH3 is 1. The molecule has 0 aliphatic carbocycles. The fourth-order valence-electron chi connectivity index (χ4n) is 2.13. The number of ether oxygens (including phenoxy) is 2. The molecule has 2 aromatic rings. The summed E-state index contributed by atoms with van der Waals surface area (Å²) in [7, 11) is 1.66. The average molecular weight is 306 g/mol. The second-order valence-electron chi connectivity index (χ2n) is 5.11. The van der Waals surface area contributed by atoms with Crippen LogP contribution in [-0.2, 0) is 12.8 Å². The van der Waals surface area contributed by atoms with E-state index in [4.69, 9.17) is 15.2 Å². The summed E-state index contributed by atoms with van der Waals surface area (Å²) in [5.41, 5.74) is 9.97. The Morgan fingerprint density at radius 1 is 1.38 bits per heavy atom. The van der Waals surface area contributed by atoms with Gasteiger partial charge >= 0.3 is 0 Å². The van der Waals surface area contributed by atoms with E-state index < -0.39 is 0 Å². The van der Waals surface area contributed by atoms with Gasteiger partial charge in [-0.25, -0.2) is 4.98 Å². The zero-order valence-electron chi connectivity index (χ0n) is 12.8. The van der Waals surface area contributed by atoms with Crippen LogP contribution in [0.4, 0.5) is 0 Å². The third-order valence-corrected chi connectivity index (χ3v) is 4.24. The Morgan fingerprint density at radius 2 is 2.19 bits per heavy atom. The molecule has 1 unspecified atom stereocenters. The third-order valence-electron chi connectivity index (χ3n) is 3.25. The number of rotatable bonds is 7. The molecule has 5 heteroatoms. The van der Waals surface area contributed by atoms with Gasteiger partial charge in [0.1, 0.15) is 11.5 Å². The van der Waals surface area contributed by atoms with Crippen molar-refractivity contribution < 1.29 is 9.47 Å². The Bertz CT molecular complexity index is 581. The first-order valence-electron chi connectivity index (χ1n) is 7.04. The topological polar surface area (TPSA) is 57.4 Å². The molecule has 0 radical (unpaired) electrons. The van der Waals surface area contributed by atoms with Crippen LogP contribution in [0.2, 0.25) is 0 Å². The van der Waals surface area contributed by atoms with E-state index in [0.717, 1.165) is 35.6 Å². The van der Waals surface area contributed by atoms with E-state index in [1.54, 1.807) is 18.4 Å². The molecule has 0 saturated heterocycles. The first-order valence-corrected chi connectivity index (χ1v) is 7.92. The molecule has 0 bridgehead atoms. The predicted molar refractivity (Wildman–Crippen MR) is 86.4 cm³/mol. The largest absolute Gasteiger partial charge is 0.497 e. The lowest BCUT2D eigenvalue weighted by molar-refractivity contribution is 0.315. The minimum absolute atomic E-state index is 0.101. The molecule has 0 aliphatic rings. The van der Waals surface area contributed by atoms with E-state index in [9.17, 15) is 0 Å². The summed E-state index contributed by atoms with van der Waals surface area (Å²) in [6, 6.07) is 5.99. The van der Waals surface area contributed by atoms with Gasteiger partial charge in [0.25, 0.3) is 0 Å². The number of aryl methyl sites for hydroxylation is 1. The summed E-state index contributed by atoms with van der Waals surface area (Å²) in [5.74, 6) is 1.65. The zero-order chi connectivity index (χ0) is 15.2. The molecule has 1 heterocycles. The molecule has 1 aromatic carbocycles. The summed E-state index contributed by atoms with van der Waals surface area (Å²) < 4.78 is 11.2. The SMILES string of the molecule is COc1ccc(CC(C)N)c(OCCc2scnc2C)c1. The van der Waals surface area contributed by atoms with Crippen molar-refractivity contribution in [1.82, 2.24) is 4.98 Å². The van der Waals surface area contributed by atoms with Crippen LogP contribution >= 0.6 is 11.3 Å². The van der Waals surface area contributed by atoms with E-state index in [1.165, 1.54) is 4.88 Å². The van der Waals surface area contributed by atoms with Gasteiger partial charge in [-0.15, -0.1) is 11.3 Å². The Morgan fingerprint density at radius 3 is 2.81 bits per heavy atom. The first-order chi connectivity index (χ1) is 10.1. The monoisotopic (exact) mass is 306 g/mol. The van der Waals surface area contributed by atoms with Gasteiger partial charge in [0.15, 0.2) is 0 Å². The van der Waals surface area contributed by atoms with E-state index in [1.807, 2.05) is 37.6 Å². The normalized spacial score (nSPS) is 12.2. The van der Waals surface area contributed by atoms with Crippen molar-refractivity contribution >= 4 is 11.3 Å². The third kappa shape index (κ3) is 4.44. The molecular formula is C16H22N2O2S. The fraction of sp³-hybridized carbons (Fsp3) is 0.438. The smallest absolute Gasteiger partial charge is 0.126 e. The second kappa shape index (κ2) is 7.43. The maximum Gasteiger partial charge on any atom is 0.126 e.